The molecule has 0 spiro atoms. The predicted octanol–water partition coefficient (Wildman–Crippen LogP) is 18.5. The van der Waals surface area contributed by atoms with Gasteiger partial charge in [-0.25, -0.2) is 58.5 Å². The fourth-order valence-electron chi connectivity index (χ4n) is 16.9. The molecule has 23 heteroatoms. The zero-order valence-electron chi connectivity index (χ0n) is 63.7. The number of unbranched alkanes of at least 4 members (excludes halogenated alkanes) is 9. The number of hydrogen-bond donors (Lipinski definition) is 5. The van der Waals surface area contributed by atoms with Gasteiger partial charge in [0.25, 0.3) is 0 Å². The van der Waals surface area contributed by atoms with Crippen LogP contribution in [0.2, 0.25) is 0 Å². The van der Waals surface area contributed by atoms with Crippen LogP contribution in [0.3, 0.4) is 0 Å². The van der Waals surface area contributed by atoms with Crippen LogP contribution in [-0.4, -0.2) is 160 Å². The maximum Gasteiger partial charge on any atom is 0.326 e. The molecular weight excluding hydrogens is 1300 g/mol. The summed E-state index contributed by atoms with van der Waals surface area (Å²) in [6.07, 6.45) is 57.1. The average Bonchev–Trinajstić information content (AvgIpc) is 0.843. The minimum absolute atomic E-state index is 0.00525. The normalized spacial score (nSPS) is 20.8. The number of hydrogen-bond acceptors (Lipinski definition) is 14. The molecule has 0 aromatic carbocycles. The Bertz CT molecular complexity index is 2540. The number of carbonyl (C=O) groups is 5. The van der Waals surface area contributed by atoms with E-state index in [1.807, 2.05) is 9.80 Å². The Hall–Kier alpha value is -6.03. The molecule has 0 radical (unpaired) electrons. The van der Waals surface area contributed by atoms with Crippen molar-refractivity contribution in [2.45, 2.75) is 402 Å². The van der Waals surface area contributed by atoms with E-state index in [0.717, 1.165) is 325 Å². The van der Waals surface area contributed by atoms with E-state index in [1.54, 1.807) is 4.90 Å². The van der Waals surface area contributed by atoms with E-state index >= 15 is 0 Å². The molecule has 103 heavy (non-hydrogen) atoms. The highest BCUT2D eigenvalue weighted by atomic mass is 16.7. The van der Waals surface area contributed by atoms with Crippen molar-refractivity contribution in [2.24, 2.45) is 30.4 Å². The van der Waals surface area contributed by atoms with Crippen LogP contribution < -0.4 is 26.6 Å². The van der Waals surface area contributed by atoms with Crippen LogP contribution in [-0.2, 0) is 14.5 Å². The summed E-state index contributed by atoms with van der Waals surface area (Å²) in [5, 5.41) is 29.8. The monoisotopic (exact) mass is 1440 g/mol. The van der Waals surface area contributed by atoms with Crippen molar-refractivity contribution in [1.29, 1.82) is 0 Å². The number of amides is 10. The molecule has 9 saturated carbocycles. The molecule has 0 heterocycles. The lowest BCUT2D eigenvalue weighted by Gasteiger charge is -2.34. The highest BCUT2D eigenvalue weighted by Crippen LogP contribution is 2.31. The van der Waals surface area contributed by atoms with Crippen molar-refractivity contribution in [2.75, 3.05) is 39.3 Å². The summed E-state index contributed by atoms with van der Waals surface area (Å²) in [6.45, 7) is 2.60. The number of rotatable bonds is 30. The lowest BCUT2D eigenvalue weighted by molar-refractivity contribution is 0.164. The molecule has 0 saturated heterocycles. The number of aliphatic imine (C=N–C) groups is 3. The van der Waals surface area contributed by atoms with Crippen molar-refractivity contribution in [3.63, 3.8) is 0 Å². The first kappa shape index (κ1) is 81.1. The van der Waals surface area contributed by atoms with Crippen LogP contribution >= 0.6 is 0 Å². The fraction of sp³-hybridized carbons (Fsp3) is 0.863. The Morgan fingerprint density at radius 3 is 0.757 bits per heavy atom. The number of urea groups is 5. The van der Waals surface area contributed by atoms with Gasteiger partial charge in [0.05, 0.1) is 35.3 Å². The molecule has 5 N–H and O–H groups in total. The van der Waals surface area contributed by atoms with E-state index in [9.17, 15) is 24.0 Å². The number of nitrogens with zero attached hydrogens (tertiary/aromatic N) is 10. The Labute approximate surface area is 619 Å². The van der Waals surface area contributed by atoms with E-state index in [0.29, 0.717) is 57.2 Å². The Kier molecular flexibility index (Phi) is 38.0. The van der Waals surface area contributed by atoms with Crippen molar-refractivity contribution >= 4 is 65.4 Å². The van der Waals surface area contributed by atoms with Crippen LogP contribution in [0.15, 0.2) is 30.4 Å². The molecule has 9 aliphatic carbocycles. The number of imide groups is 1. The van der Waals surface area contributed by atoms with Crippen LogP contribution in [0.5, 0.6) is 0 Å². The third-order valence-corrected chi connectivity index (χ3v) is 23.1. The van der Waals surface area contributed by atoms with Gasteiger partial charge < -0.3 is 41.1 Å². The molecular formula is C80H137N15O8. The maximum atomic E-state index is 14.4. The zero-order chi connectivity index (χ0) is 71.6. The molecule has 9 rings (SSSR count). The maximum absolute atomic E-state index is 14.4. The second-order valence-corrected chi connectivity index (χ2v) is 31.6. The number of amidine groups is 3. The molecule has 0 atom stereocenters. The summed E-state index contributed by atoms with van der Waals surface area (Å²) in [5.74, 6) is 0. The lowest BCUT2D eigenvalue weighted by Crippen LogP contribution is -2.51. The molecule has 0 aliphatic heterocycles. The third kappa shape index (κ3) is 29.7. The van der Waals surface area contributed by atoms with E-state index in [4.69, 9.17) is 29.5 Å². The molecule has 9 aliphatic rings. The average molecular weight is 1440 g/mol. The largest absolute Gasteiger partial charge is 0.338 e. The molecule has 9 fully saturated rings. The highest BCUT2D eigenvalue weighted by molar-refractivity contribution is 5.97. The summed E-state index contributed by atoms with van der Waals surface area (Å²) < 4.78 is 0. The van der Waals surface area contributed by atoms with Crippen molar-refractivity contribution in [1.82, 2.24) is 46.2 Å². The molecule has 0 aromatic rings. The SMILES string of the molecule is O=C(NCCCCCCNC(=O)N(/C(=N/C1CCCCC1)ON=C1CCCCC1)C1CCCCC1)N(CCCCCCNC(=O)N(/C(=N/C1CCCCC1)ON=C1CCCCC1)C1CCCCC1)C(=O)NCCCCCCNC(=O)N(/C(=N/C1CCCCC1)ON=C1CCCCC1)C1CCCCC1. The van der Waals surface area contributed by atoms with Crippen LogP contribution in [0.4, 0.5) is 24.0 Å². The van der Waals surface area contributed by atoms with Crippen molar-refractivity contribution in [3.8, 4) is 0 Å². The van der Waals surface area contributed by atoms with Crippen molar-refractivity contribution in [3.05, 3.63) is 0 Å². The molecule has 23 nitrogen and oxygen atoms in total. The minimum Gasteiger partial charge on any atom is -0.338 e. The summed E-state index contributed by atoms with van der Waals surface area (Å²) in [4.78, 5) is 112. The Balaban J connectivity index is 0.747. The quantitative estimate of drug-likeness (QED) is 0.0199. The topological polar surface area (TPSA) is 260 Å². The number of oxime groups is 3. The number of nitrogens with one attached hydrogen (secondary N) is 5. The first-order valence-corrected chi connectivity index (χ1v) is 42.7. The van der Waals surface area contributed by atoms with Gasteiger partial charge in [-0.3, -0.25) is 0 Å². The molecule has 0 unspecified atom stereocenters. The standard InChI is InChI=1S/C80H137N15O8/c96-73(81-58-34-1-3-36-60-83-75(98)93(70-52-28-13-29-53-70)78(86-64-40-16-7-17-41-64)101-89-67-46-22-10-23-47-67)92(63-39-6-5-38-62-85-77(100)95(72-56-32-15-33-57-72)80(88-66-44-20-9-21-45-66)103-91-69-50-26-12-27-51-69)74(97)82-59-35-2-4-37-61-84-76(99)94(71-54-30-14-31-55-71)79(87-65-42-18-8-19-43-65)102-90-68-48-24-11-25-49-68/h64-66,70-72H,1-63H2,(H,81,96)(H,82,97)(H,83,98)(H,84,99)(H,85,100)/b86-78-,87-79-,88-80-. The van der Waals surface area contributed by atoms with Gasteiger partial charge in [0, 0.05) is 57.4 Å². The third-order valence-electron chi connectivity index (χ3n) is 23.1. The predicted molar refractivity (Wildman–Crippen MR) is 413 cm³/mol. The van der Waals surface area contributed by atoms with Gasteiger partial charge in [-0.15, -0.1) is 0 Å². The molecule has 0 aromatic heterocycles. The lowest BCUT2D eigenvalue weighted by atomic mass is 9.94. The van der Waals surface area contributed by atoms with E-state index in [1.165, 1.54) is 56.3 Å². The number of carbonyl (C=O) groups excluding carboxylic acids is 5. The Morgan fingerprint density at radius 1 is 0.272 bits per heavy atom. The Morgan fingerprint density at radius 2 is 0.495 bits per heavy atom. The second kappa shape index (κ2) is 48.2. The van der Waals surface area contributed by atoms with Gasteiger partial charge >= 0.3 is 48.2 Å². The van der Waals surface area contributed by atoms with Crippen LogP contribution in [0.1, 0.15) is 366 Å². The molecule has 10 amide bonds. The van der Waals surface area contributed by atoms with Gasteiger partial charge in [-0.2, -0.15) is 0 Å². The summed E-state index contributed by atoms with van der Waals surface area (Å²) in [6, 6.07) is 0.184. The van der Waals surface area contributed by atoms with Crippen LogP contribution in [0.25, 0.3) is 0 Å². The first-order chi connectivity index (χ1) is 50.8. The fourth-order valence-corrected chi connectivity index (χ4v) is 16.9. The smallest absolute Gasteiger partial charge is 0.326 e. The van der Waals surface area contributed by atoms with Gasteiger partial charge in [0.2, 0.25) is 0 Å². The second-order valence-electron chi connectivity index (χ2n) is 31.6. The van der Waals surface area contributed by atoms with Crippen LogP contribution in [0, 0.1) is 0 Å². The molecule has 0 bridgehead atoms. The minimum atomic E-state index is -0.414. The van der Waals surface area contributed by atoms with E-state index in [2.05, 4.69) is 42.1 Å². The van der Waals surface area contributed by atoms with Gasteiger partial charge in [-0.1, -0.05) is 189 Å². The summed E-state index contributed by atoms with van der Waals surface area (Å²) in [7, 11) is 0. The summed E-state index contributed by atoms with van der Waals surface area (Å²) in [5.41, 5.74) is 3.17. The van der Waals surface area contributed by atoms with Crippen molar-refractivity contribution < 1.29 is 38.5 Å². The zero-order valence-corrected chi connectivity index (χ0v) is 63.7. The molecule has 580 valence electrons. The van der Waals surface area contributed by atoms with Gasteiger partial charge in [-0.05, 0) is 193 Å². The summed E-state index contributed by atoms with van der Waals surface area (Å²) >= 11 is 0. The van der Waals surface area contributed by atoms with Gasteiger partial charge in [0.15, 0.2) is 0 Å². The van der Waals surface area contributed by atoms with E-state index < -0.39 is 12.1 Å². The highest BCUT2D eigenvalue weighted by Gasteiger charge is 2.36. The van der Waals surface area contributed by atoms with E-state index in [-0.39, 0.29) is 60.9 Å². The first-order valence-electron chi connectivity index (χ1n) is 42.7. The van der Waals surface area contributed by atoms with Gasteiger partial charge in [0.1, 0.15) is 0 Å².